The van der Waals surface area contributed by atoms with E-state index in [9.17, 15) is 14.4 Å². The summed E-state index contributed by atoms with van der Waals surface area (Å²) in [6, 6.07) is 9.28. The summed E-state index contributed by atoms with van der Waals surface area (Å²) in [5, 5.41) is 0. The summed E-state index contributed by atoms with van der Waals surface area (Å²) < 4.78 is 15.5. The molecule has 0 atom stereocenters. The second kappa shape index (κ2) is 9.41. The minimum Gasteiger partial charge on any atom is -0.464 e. The molecule has 0 fully saturated rings. The monoisotopic (exact) mass is 401 g/mol. The molecular formula is C22H27NO6. The van der Waals surface area contributed by atoms with Gasteiger partial charge in [0.2, 0.25) is 0 Å². The summed E-state index contributed by atoms with van der Waals surface area (Å²) >= 11 is 0. The second-order valence-corrected chi connectivity index (χ2v) is 7.62. The fourth-order valence-electron chi connectivity index (χ4n) is 2.84. The Morgan fingerprint density at radius 2 is 1.66 bits per heavy atom. The molecule has 0 radical (unpaired) electrons. The first-order valence-electron chi connectivity index (χ1n) is 9.35. The predicted octanol–water partition coefficient (Wildman–Crippen LogP) is 3.74. The van der Waals surface area contributed by atoms with Gasteiger partial charge in [-0.1, -0.05) is 30.3 Å². The SMILES string of the molecule is COC(=O)c1[nH]c(C(=O)OCc2ccccc2)c(C)c1CCC(=O)OC(C)(C)C. The molecule has 0 saturated heterocycles. The van der Waals surface area contributed by atoms with E-state index in [4.69, 9.17) is 14.2 Å². The summed E-state index contributed by atoms with van der Waals surface area (Å²) in [4.78, 5) is 39.6. The third kappa shape index (κ3) is 6.20. The van der Waals surface area contributed by atoms with Crippen LogP contribution in [0.25, 0.3) is 0 Å². The molecule has 0 amide bonds. The number of hydrogen-bond acceptors (Lipinski definition) is 6. The van der Waals surface area contributed by atoms with Crippen molar-refractivity contribution < 1.29 is 28.6 Å². The largest absolute Gasteiger partial charge is 0.464 e. The molecular weight excluding hydrogens is 374 g/mol. The average Bonchev–Trinajstić information content (AvgIpc) is 2.99. The van der Waals surface area contributed by atoms with Crippen LogP contribution in [0.2, 0.25) is 0 Å². The Morgan fingerprint density at radius 3 is 2.24 bits per heavy atom. The third-order valence-corrected chi connectivity index (χ3v) is 4.18. The Hall–Kier alpha value is -3.09. The van der Waals surface area contributed by atoms with Crippen LogP contribution in [0.3, 0.4) is 0 Å². The number of hydrogen-bond donors (Lipinski definition) is 1. The summed E-state index contributed by atoms with van der Waals surface area (Å²) in [6.07, 6.45) is 0.298. The molecule has 1 heterocycles. The average molecular weight is 401 g/mol. The molecule has 7 heteroatoms. The van der Waals surface area contributed by atoms with E-state index in [1.807, 2.05) is 30.3 Å². The highest BCUT2D eigenvalue weighted by atomic mass is 16.6. The van der Waals surface area contributed by atoms with Crippen LogP contribution in [0.5, 0.6) is 0 Å². The molecule has 29 heavy (non-hydrogen) atoms. The molecule has 156 valence electrons. The van der Waals surface area contributed by atoms with Gasteiger partial charge in [0.25, 0.3) is 0 Å². The zero-order valence-corrected chi connectivity index (χ0v) is 17.5. The van der Waals surface area contributed by atoms with Crippen molar-refractivity contribution in [2.45, 2.75) is 52.7 Å². The summed E-state index contributed by atoms with van der Waals surface area (Å²) in [5.74, 6) is -1.59. The van der Waals surface area contributed by atoms with Gasteiger partial charge in [-0.25, -0.2) is 9.59 Å². The summed E-state index contributed by atoms with van der Waals surface area (Å²) in [7, 11) is 1.25. The Bertz CT molecular complexity index is 877. The van der Waals surface area contributed by atoms with Gasteiger partial charge in [-0.2, -0.15) is 0 Å². The highest BCUT2D eigenvalue weighted by Crippen LogP contribution is 2.23. The van der Waals surface area contributed by atoms with Gasteiger partial charge in [0.1, 0.15) is 23.6 Å². The smallest absolute Gasteiger partial charge is 0.355 e. The number of aromatic amines is 1. The molecule has 0 unspecified atom stereocenters. The fourth-order valence-corrected chi connectivity index (χ4v) is 2.84. The van der Waals surface area contributed by atoms with Gasteiger partial charge in [-0.05, 0) is 50.8 Å². The summed E-state index contributed by atoms with van der Waals surface area (Å²) in [5.41, 5.74) is 1.65. The van der Waals surface area contributed by atoms with Crippen molar-refractivity contribution in [3.05, 3.63) is 58.4 Å². The van der Waals surface area contributed by atoms with Gasteiger partial charge in [0.15, 0.2) is 0 Å². The zero-order chi connectivity index (χ0) is 21.6. The predicted molar refractivity (Wildman–Crippen MR) is 107 cm³/mol. The molecule has 0 aliphatic heterocycles. The molecule has 0 aliphatic carbocycles. The second-order valence-electron chi connectivity index (χ2n) is 7.62. The maximum Gasteiger partial charge on any atom is 0.355 e. The van der Waals surface area contributed by atoms with Crippen molar-refractivity contribution in [1.82, 2.24) is 4.98 Å². The van der Waals surface area contributed by atoms with Crippen molar-refractivity contribution in [3.63, 3.8) is 0 Å². The minimum atomic E-state index is -0.616. The molecule has 0 spiro atoms. The van der Waals surface area contributed by atoms with Crippen LogP contribution in [-0.4, -0.2) is 35.6 Å². The number of esters is 3. The number of H-pyrrole nitrogens is 1. The maximum atomic E-state index is 12.5. The third-order valence-electron chi connectivity index (χ3n) is 4.18. The van der Waals surface area contributed by atoms with E-state index in [2.05, 4.69) is 4.98 Å². The van der Waals surface area contributed by atoms with E-state index < -0.39 is 17.5 Å². The van der Waals surface area contributed by atoms with Gasteiger partial charge in [0, 0.05) is 6.42 Å². The van der Waals surface area contributed by atoms with Gasteiger partial charge >= 0.3 is 17.9 Å². The lowest BCUT2D eigenvalue weighted by atomic mass is 10.0. The van der Waals surface area contributed by atoms with E-state index in [0.29, 0.717) is 11.1 Å². The van der Waals surface area contributed by atoms with Crippen LogP contribution >= 0.6 is 0 Å². The molecule has 0 bridgehead atoms. The maximum absolute atomic E-state index is 12.5. The van der Waals surface area contributed by atoms with Gasteiger partial charge in [0.05, 0.1) is 7.11 Å². The van der Waals surface area contributed by atoms with Crippen molar-refractivity contribution >= 4 is 17.9 Å². The molecule has 1 aromatic carbocycles. The Balaban J connectivity index is 2.18. The Morgan fingerprint density at radius 1 is 1.00 bits per heavy atom. The van der Waals surface area contributed by atoms with E-state index >= 15 is 0 Å². The minimum absolute atomic E-state index is 0.0679. The molecule has 7 nitrogen and oxygen atoms in total. The van der Waals surface area contributed by atoms with Gasteiger partial charge in [-0.3, -0.25) is 4.79 Å². The zero-order valence-electron chi connectivity index (χ0n) is 17.5. The number of benzene rings is 1. The normalized spacial score (nSPS) is 11.1. The van der Waals surface area contributed by atoms with E-state index in [0.717, 1.165) is 5.56 Å². The van der Waals surface area contributed by atoms with Crippen molar-refractivity contribution in [3.8, 4) is 0 Å². The van der Waals surface area contributed by atoms with Gasteiger partial charge in [-0.15, -0.1) is 0 Å². The number of aromatic nitrogens is 1. The number of carbonyl (C=O) groups is 3. The quantitative estimate of drug-likeness (QED) is 0.561. The van der Waals surface area contributed by atoms with Crippen molar-refractivity contribution in [2.24, 2.45) is 0 Å². The molecule has 2 rings (SSSR count). The van der Waals surface area contributed by atoms with E-state index in [1.165, 1.54) is 7.11 Å². The lowest BCUT2D eigenvalue weighted by molar-refractivity contribution is -0.154. The Labute approximate surface area is 170 Å². The first-order valence-corrected chi connectivity index (χ1v) is 9.35. The highest BCUT2D eigenvalue weighted by Gasteiger charge is 2.26. The van der Waals surface area contributed by atoms with E-state index in [1.54, 1.807) is 27.7 Å². The first kappa shape index (κ1) is 22.2. The number of nitrogens with one attached hydrogen (secondary N) is 1. The van der Waals surface area contributed by atoms with Crippen LogP contribution in [0.1, 0.15) is 64.9 Å². The Kier molecular flexibility index (Phi) is 7.20. The van der Waals surface area contributed by atoms with Gasteiger partial charge < -0.3 is 19.2 Å². The van der Waals surface area contributed by atoms with Crippen LogP contribution in [-0.2, 0) is 32.0 Å². The number of rotatable bonds is 7. The van der Waals surface area contributed by atoms with Crippen molar-refractivity contribution in [1.29, 1.82) is 0 Å². The molecule has 0 aliphatic rings. The fraction of sp³-hybridized carbons (Fsp3) is 0.409. The lowest BCUT2D eigenvalue weighted by Crippen LogP contribution is -2.24. The molecule has 2 aromatic rings. The van der Waals surface area contributed by atoms with Crippen molar-refractivity contribution in [2.75, 3.05) is 7.11 Å². The first-order chi connectivity index (χ1) is 13.6. The van der Waals surface area contributed by atoms with Crippen LogP contribution in [0, 0.1) is 6.92 Å². The van der Waals surface area contributed by atoms with Crippen LogP contribution in [0.15, 0.2) is 30.3 Å². The number of carbonyl (C=O) groups excluding carboxylic acids is 3. The topological polar surface area (TPSA) is 94.7 Å². The van der Waals surface area contributed by atoms with Crippen LogP contribution < -0.4 is 0 Å². The standard InChI is InChI=1S/C22H27NO6/c1-14-16(11-12-17(24)29-22(2,3)4)19(20(25)27-5)23-18(14)21(26)28-13-15-9-7-6-8-10-15/h6-10,23H,11-13H2,1-5H3. The number of methoxy groups -OCH3 is 1. The number of ether oxygens (including phenoxy) is 3. The molecule has 0 saturated carbocycles. The lowest BCUT2D eigenvalue weighted by Gasteiger charge is -2.19. The van der Waals surface area contributed by atoms with Crippen LogP contribution in [0.4, 0.5) is 0 Å². The molecule has 1 aromatic heterocycles. The van der Waals surface area contributed by atoms with E-state index in [-0.39, 0.29) is 36.8 Å². The highest BCUT2D eigenvalue weighted by molar-refractivity contribution is 5.96. The molecule has 1 N–H and O–H groups in total. The summed E-state index contributed by atoms with van der Waals surface area (Å²) in [6.45, 7) is 7.17.